The number of hydrogen-bond acceptors (Lipinski definition) is 8. The number of benzene rings is 1. The van der Waals surface area contributed by atoms with Gasteiger partial charge in [0.1, 0.15) is 23.0 Å². The van der Waals surface area contributed by atoms with Crippen LogP contribution in [0.25, 0.3) is 0 Å². The molecule has 0 spiro atoms. The van der Waals surface area contributed by atoms with E-state index in [1.165, 1.54) is 0 Å². The fourth-order valence-corrected chi connectivity index (χ4v) is 2.97. The lowest BCUT2D eigenvalue weighted by molar-refractivity contribution is 0.402. The summed E-state index contributed by atoms with van der Waals surface area (Å²) in [5, 5.41) is 17.0. The fraction of sp³-hybridized carbons (Fsp3) is 0.312. The van der Waals surface area contributed by atoms with Crippen molar-refractivity contribution >= 4 is 17.6 Å². The number of nitrogens with zero attached hydrogens (tertiary/aromatic N) is 3. The van der Waals surface area contributed by atoms with Crippen molar-refractivity contribution in [3.8, 4) is 17.5 Å². The van der Waals surface area contributed by atoms with E-state index in [4.69, 9.17) is 9.47 Å². The van der Waals surface area contributed by atoms with Crippen molar-refractivity contribution in [3.05, 3.63) is 41.2 Å². The van der Waals surface area contributed by atoms with Gasteiger partial charge in [-0.3, -0.25) is 0 Å². The van der Waals surface area contributed by atoms with Crippen LogP contribution in [0.4, 0.5) is 5.82 Å². The Bertz CT molecular complexity index is 779. The predicted octanol–water partition coefficient (Wildman–Crippen LogP) is 3.05. The maximum atomic E-state index is 5.73. The SMILES string of the molecule is COc1cccc(Oc2nnc(C3CC3)c(NC3=CSCN3)n2)c1. The van der Waals surface area contributed by atoms with Gasteiger partial charge in [-0.2, -0.15) is 4.98 Å². The zero-order valence-corrected chi connectivity index (χ0v) is 14.0. The van der Waals surface area contributed by atoms with Crippen molar-refractivity contribution in [2.45, 2.75) is 18.8 Å². The molecule has 0 radical (unpaired) electrons. The molecule has 2 aliphatic rings. The number of hydrogen-bond donors (Lipinski definition) is 2. The molecule has 1 fully saturated rings. The Kier molecular flexibility index (Phi) is 4.12. The zero-order valence-electron chi connectivity index (χ0n) is 13.2. The molecule has 0 amide bonds. The molecule has 4 rings (SSSR count). The first-order chi connectivity index (χ1) is 11.8. The summed E-state index contributed by atoms with van der Waals surface area (Å²) in [6.45, 7) is 0. The summed E-state index contributed by atoms with van der Waals surface area (Å²) in [4.78, 5) is 4.51. The molecule has 2 heterocycles. The second kappa shape index (κ2) is 6.56. The van der Waals surface area contributed by atoms with Gasteiger partial charge < -0.3 is 20.1 Å². The third kappa shape index (κ3) is 3.38. The summed E-state index contributed by atoms with van der Waals surface area (Å²) in [7, 11) is 1.62. The van der Waals surface area contributed by atoms with Crippen LogP contribution in [0.15, 0.2) is 35.5 Å². The molecule has 1 aromatic heterocycles. The monoisotopic (exact) mass is 343 g/mol. The van der Waals surface area contributed by atoms with E-state index < -0.39 is 0 Å². The minimum Gasteiger partial charge on any atom is -0.497 e. The summed E-state index contributed by atoms with van der Waals surface area (Å²) < 4.78 is 10.9. The van der Waals surface area contributed by atoms with Gasteiger partial charge in [-0.05, 0) is 25.0 Å². The Morgan fingerprint density at radius 3 is 2.88 bits per heavy atom. The van der Waals surface area contributed by atoms with Crippen molar-refractivity contribution in [2.24, 2.45) is 0 Å². The van der Waals surface area contributed by atoms with Crippen molar-refractivity contribution in [1.29, 1.82) is 0 Å². The number of rotatable bonds is 6. The van der Waals surface area contributed by atoms with Crippen molar-refractivity contribution in [2.75, 3.05) is 18.3 Å². The fourth-order valence-electron chi connectivity index (χ4n) is 2.34. The normalized spacial score (nSPS) is 16.3. The molecular formula is C16H17N5O2S. The molecule has 0 bridgehead atoms. The third-order valence-corrected chi connectivity index (χ3v) is 4.42. The van der Waals surface area contributed by atoms with E-state index in [2.05, 4.69) is 25.8 Å². The number of thioether (sulfide) groups is 1. The average Bonchev–Trinajstić information content (AvgIpc) is 3.32. The third-order valence-electron chi connectivity index (χ3n) is 3.71. The molecule has 2 N–H and O–H groups in total. The van der Waals surface area contributed by atoms with Gasteiger partial charge in [0.2, 0.25) is 0 Å². The first-order valence-electron chi connectivity index (χ1n) is 7.71. The second-order valence-corrected chi connectivity index (χ2v) is 6.39. The quantitative estimate of drug-likeness (QED) is 0.828. The van der Waals surface area contributed by atoms with Gasteiger partial charge in [-0.1, -0.05) is 11.2 Å². The maximum absolute atomic E-state index is 5.73. The van der Waals surface area contributed by atoms with E-state index in [0.717, 1.165) is 30.2 Å². The Morgan fingerprint density at radius 1 is 1.25 bits per heavy atom. The number of anilines is 1. The highest BCUT2D eigenvalue weighted by Crippen LogP contribution is 2.42. The molecule has 24 heavy (non-hydrogen) atoms. The summed E-state index contributed by atoms with van der Waals surface area (Å²) in [5.41, 5.74) is 0.896. The zero-order chi connectivity index (χ0) is 16.4. The van der Waals surface area contributed by atoms with E-state index in [1.807, 2.05) is 23.6 Å². The van der Waals surface area contributed by atoms with Crippen LogP contribution in [0, 0.1) is 0 Å². The van der Waals surface area contributed by atoms with Gasteiger partial charge >= 0.3 is 6.01 Å². The van der Waals surface area contributed by atoms with E-state index >= 15 is 0 Å². The van der Waals surface area contributed by atoms with Crippen molar-refractivity contribution < 1.29 is 9.47 Å². The largest absolute Gasteiger partial charge is 0.497 e. The number of nitrogens with one attached hydrogen (secondary N) is 2. The Hall–Kier alpha value is -2.48. The molecule has 7 nitrogen and oxygen atoms in total. The molecule has 8 heteroatoms. The van der Waals surface area contributed by atoms with E-state index in [0.29, 0.717) is 23.2 Å². The van der Waals surface area contributed by atoms with Crippen LogP contribution in [0.3, 0.4) is 0 Å². The second-order valence-electron chi connectivity index (χ2n) is 5.53. The molecule has 0 saturated heterocycles. The first-order valence-corrected chi connectivity index (χ1v) is 8.76. The van der Waals surface area contributed by atoms with Crippen LogP contribution in [-0.2, 0) is 0 Å². The predicted molar refractivity (Wildman–Crippen MR) is 92.2 cm³/mol. The van der Waals surface area contributed by atoms with Gasteiger partial charge in [-0.15, -0.1) is 16.9 Å². The molecule has 1 aliphatic heterocycles. The molecule has 2 aromatic rings. The Morgan fingerprint density at radius 2 is 2.12 bits per heavy atom. The lowest BCUT2D eigenvalue weighted by Crippen LogP contribution is -2.16. The van der Waals surface area contributed by atoms with E-state index in [9.17, 15) is 0 Å². The minimum atomic E-state index is 0.210. The highest BCUT2D eigenvalue weighted by atomic mass is 32.2. The van der Waals surface area contributed by atoms with Crippen LogP contribution in [0.1, 0.15) is 24.5 Å². The van der Waals surface area contributed by atoms with Gasteiger partial charge in [0.05, 0.1) is 13.0 Å². The Labute approximate surface area is 143 Å². The van der Waals surface area contributed by atoms with Crippen LogP contribution >= 0.6 is 11.8 Å². The summed E-state index contributed by atoms with van der Waals surface area (Å²) in [6, 6.07) is 7.52. The molecule has 0 unspecified atom stereocenters. The molecule has 1 aliphatic carbocycles. The number of methoxy groups -OCH3 is 1. The molecular weight excluding hydrogens is 326 g/mol. The van der Waals surface area contributed by atoms with Crippen LogP contribution < -0.4 is 20.1 Å². The van der Waals surface area contributed by atoms with Gasteiger partial charge in [-0.25, -0.2) is 0 Å². The highest BCUT2D eigenvalue weighted by Gasteiger charge is 2.30. The topological polar surface area (TPSA) is 81.2 Å². The minimum absolute atomic E-state index is 0.210. The average molecular weight is 343 g/mol. The molecule has 124 valence electrons. The van der Waals surface area contributed by atoms with Crippen molar-refractivity contribution in [1.82, 2.24) is 20.5 Å². The Balaban J connectivity index is 1.58. The maximum Gasteiger partial charge on any atom is 0.343 e. The van der Waals surface area contributed by atoms with Crippen LogP contribution in [0.2, 0.25) is 0 Å². The van der Waals surface area contributed by atoms with Gasteiger partial charge in [0.25, 0.3) is 0 Å². The summed E-state index contributed by atoms with van der Waals surface area (Å²) >= 11 is 1.70. The van der Waals surface area contributed by atoms with Crippen molar-refractivity contribution in [3.63, 3.8) is 0 Å². The number of ether oxygens (including phenoxy) is 2. The first kappa shape index (κ1) is 15.1. The van der Waals surface area contributed by atoms with E-state index in [-0.39, 0.29) is 6.01 Å². The lowest BCUT2D eigenvalue weighted by Gasteiger charge is -2.12. The molecule has 0 atom stereocenters. The smallest absolute Gasteiger partial charge is 0.343 e. The van der Waals surface area contributed by atoms with Gasteiger partial charge in [0, 0.05) is 17.4 Å². The van der Waals surface area contributed by atoms with Crippen LogP contribution in [-0.4, -0.2) is 28.2 Å². The summed E-state index contributed by atoms with van der Waals surface area (Å²) in [6.07, 6.45) is 2.25. The molecule has 1 aromatic carbocycles. The summed E-state index contributed by atoms with van der Waals surface area (Å²) in [5.74, 6) is 4.24. The van der Waals surface area contributed by atoms with E-state index in [1.54, 1.807) is 24.9 Å². The van der Waals surface area contributed by atoms with Gasteiger partial charge in [0.15, 0.2) is 5.82 Å². The highest BCUT2D eigenvalue weighted by molar-refractivity contribution is 8.02. The standard InChI is InChI=1S/C16H17N5O2S/c1-22-11-3-2-4-12(7-11)23-16-19-15(18-13-8-24-9-17-13)14(20-21-16)10-5-6-10/h2-4,7-8,10,17H,5-6,9H2,1H3,(H,18,19,21). The molecule has 1 saturated carbocycles. The van der Waals surface area contributed by atoms with Crippen LogP contribution in [0.5, 0.6) is 17.5 Å². The number of aromatic nitrogens is 3. The lowest BCUT2D eigenvalue weighted by atomic mass is 10.3.